The van der Waals surface area contributed by atoms with Crippen molar-refractivity contribution >= 4 is 12.3 Å². The van der Waals surface area contributed by atoms with E-state index in [9.17, 15) is 9.59 Å². The highest BCUT2D eigenvalue weighted by Crippen LogP contribution is 1.88. The average molecular weight is 288 g/mol. The van der Waals surface area contributed by atoms with Gasteiger partial charge >= 0.3 is 12.3 Å². The van der Waals surface area contributed by atoms with Gasteiger partial charge in [0.1, 0.15) is 13.2 Å². The molecule has 0 aromatic carbocycles. The van der Waals surface area contributed by atoms with Gasteiger partial charge in [0, 0.05) is 0 Å². The van der Waals surface area contributed by atoms with Crippen molar-refractivity contribution in [1.29, 1.82) is 0 Å². The molecule has 0 heterocycles. The van der Waals surface area contributed by atoms with Crippen molar-refractivity contribution in [2.24, 2.45) is 0 Å². The molecule has 0 rings (SSSR count). The molecule has 0 aliphatic rings. The lowest BCUT2D eigenvalue weighted by Gasteiger charge is -2.02. The van der Waals surface area contributed by atoms with Crippen LogP contribution in [0, 0.1) is 0 Å². The Labute approximate surface area is 120 Å². The quantitative estimate of drug-likeness (QED) is 0.503. The molecule has 0 aromatic heterocycles. The Morgan fingerprint density at radius 1 is 0.800 bits per heavy atom. The minimum absolute atomic E-state index is 0.177. The second-order valence-electron chi connectivity index (χ2n) is 3.40. The summed E-state index contributed by atoms with van der Waals surface area (Å²) in [5.74, 6) is 0. The molecule has 0 N–H and O–H groups in total. The van der Waals surface area contributed by atoms with Gasteiger partial charge in [0.15, 0.2) is 0 Å². The molecule has 0 amide bonds. The summed E-state index contributed by atoms with van der Waals surface area (Å²) in [6.07, 6.45) is 3.36. The maximum absolute atomic E-state index is 10.5. The molecule has 0 saturated carbocycles. The van der Waals surface area contributed by atoms with Crippen LogP contribution in [0.5, 0.6) is 0 Å². The normalized spacial score (nSPS) is 8.50. The molecule has 6 heteroatoms. The van der Waals surface area contributed by atoms with Gasteiger partial charge in [-0.05, 0) is 12.8 Å². The van der Waals surface area contributed by atoms with Crippen LogP contribution in [0.25, 0.3) is 0 Å². The summed E-state index contributed by atoms with van der Waals surface area (Å²) in [6, 6.07) is 0. The summed E-state index contributed by atoms with van der Waals surface area (Å²) in [4.78, 5) is 20.9. The number of hydrogen-bond acceptors (Lipinski definition) is 6. The summed E-state index contributed by atoms with van der Waals surface area (Å²) < 4.78 is 18.2. The zero-order chi connectivity index (χ0) is 15.6. The Kier molecular flexibility index (Phi) is 17.3. The van der Waals surface area contributed by atoms with Crippen LogP contribution in [-0.4, -0.2) is 38.7 Å². The zero-order valence-electron chi connectivity index (χ0n) is 12.3. The van der Waals surface area contributed by atoms with Gasteiger partial charge in [0.25, 0.3) is 0 Å². The number of hydrogen-bond donors (Lipinski definition) is 0. The first-order valence-electron chi connectivity index (χ1n) is 6.43. The molecular weight excluding hydrogens is 264 g/mol. The minimum atomic E-state index is -0.695. The Hall–Kier alpha value is -1.98. The summed E-state index contributed by atoms with van der Waals surface area (Å²) >= 11 is 0. The van der Waals surface area contributed by atoms with E-state index in [0.29, 0.717) is 13.2 Å². The minimum Gasteiger partial charge on any atom is -0.434 e. The summed E-state index contributed by atoms with van der Waals surface area (Å²) in [7, 11) is 0. The van der Waals surface area contributed by atoms with Gasteiger partial charge in [0.05, 0.1) is 13.2 Å². The standard InChI is InChI=1S/C7H14O3.C7H10O3/c2*1-3-5-9-7(8)10-6-4-2/h3-6H2,1-2H3;3-4H,1-2,5-6H2. The molecule has 0 aliphatic carbocycles. The Morgan fingerprint density at radius 3 is 1.45 bits per heavy atom. The maximum Gasteiger partial charge on any atom is 0.508 e. The number of carbonyl (C=O) groups is 2. The first-order chi connectivity index (χ1) is 9.62. The lowest BCUT2D eigenvalue weighted by atomic mass is 10.5. The largest absolute Gasteiger partial charge is 0.508 e. The van der Waals surface area contributed by atoms with Crippen molar-refractivity contribution in [3.8, 4) is 0 Å². The third-order valence-corrected chi connectivity index (χ3v) is 1.49. The smallest absolute Gasteiger partial charge is 0.434 e. The van der Waals surface area contributed by atoms with Crippen molar-refractivity contribution in [3.05, 3.63) is 25.3 Å². The van der Waals surface area contributed by atoms with Crippen LogP contribution in [-0.2, 0) is 18.9 Å². The van der Waals surface area contributed by atoms with Crippen LogP contribution >= 0.6 is 0 Å². The van der Waals surface area contributed by atoms with Gasteiger partial charge in [-0.15, -0.1) is 0 Å². The van der Waals surface area contributed by atoms with Gasteiger partial charge in [-0.1, -0.05) is 39.2 Å². The fraction of sp³-hybridized carbons (Fsp3) is 0.571. The highest BCUT2D eigenvalue weighted by molar-refractivity contribution is 5.60. The van der Waals surface area contributed by atoms with Crippen molar-refractivity contribution in [2.45, 2.75) is 26.7 Å². The van der Waals surface area contributed by atoms with E-state index in [1.165, 1.54) is 12.2 Å². The van der Waals surface area contributed by atoms with Gasteiger partial charge in [-0.25, -0.2) is 9.59 Å². The molecule has 0 aliphatic heterocycles. The van der Waals surface area contributed by atoms with Crippen LogP contribution in [0.3, 0.4) is 0 Å². The predicted molar refractivity (Wildman–Crippen MR) is 75.6 cm³/mol. The molecule has 0 spiro atoms. The topological polar surface area (TPSA) is 71.1 Å². The second kappa shape index (κ2) is 17.0. The van der Waals surface area contributed by atoms with Gasteiger partial charge in [0.2, 0.25) is 0 Å². The molecule has 0 fully saturated rings. The third-order valence-electron chi connectivity index (χ3n) is 1.49. The molecule has 0 radical (unpaired) electrons. The Balaban J connectivity index is 0. The molecule has 20 heavy (non-hydrogen) atoms. The van der Waals surface area contributed by atoms with E-state index in [0.717, 1.165) is 12.8 Å². The second-order valence-corrected chi connectivity index (χ2v) is 3.40. The van der Waals surface area contributed by atoms with E-state index < -0.39 is 12.3 Å². The lowest BCUT2D eigenvalue weighted by molar-refractivity contribution is 0.0554. The van der Waals surface area contributed by atoms with Crippen LogP contribution in [0.15, 0.2) is 25.3 Å². The van der Waals surface area contributed by atoms with Crippen LogP contribution in [0.2, 0.25) is 0 Å². The van der Waals surface area contributed by atoms with Crippen LogP contribution in [0.4, 0.5) is 9.59 Å². The van der Waals surface area contributed by atoms with Crippen molar-refractivity contribution < 1.29 is 28.5 Å². The summed E-state index contributed by atoms with van der Waals surface area (Å²) in [5.41, 5.74) is 0. The highest BCUT2D eigenvalue weighted by atomic mass is 16.7. The SMILES string of the molecule is C=CCOC(=O)OCC=C.CCCOC(=O)OCCC. The molecule has 0 unspecified atom stereocenters. The van der Waals surface area contributed by atoms with E-state index in [1.807, 2.05) is 13.8 Å². The number of ether oxygens (including phenoxy) is 4. The monoisotopic (exact) mass is 288 g/mol. The average Bonchev–Trinajstić information content (AvgIpc) is 2.47. The highest BCUT2D eigenvalue weighted by Gasteiger charge is 1.99. The first kappa shape index (κ1) is 20.3. The zero-order valence-corrected chi connectivity index (χ0v) is 12.3. The molecule has 0 saturated heterocycles. The van der Waals surface area contributed by atoms with Gasteiger partial charge in [-0.3, -0.25) is 0 Å². The lowest BCUT2D eigenvalue weighted by Crippen LogP contribution is -2.08. The first-order valence-corrected chi connectivity index (χ1v) is 6.43. The van der Waals surface area contributed by atoms with Gasteiger partial charge in [-0.2, -0.15) is 0 Å². The summed E-state index contributed by atoms with van der Waals surface area (Å²) in [6.45, 7) is 11.8. The molecule has 116 valence electrons. The van der Waals surface area contributed by atoms with E-state index in [1.54, 1.807) is 0 Å². The number of carbonyl (C=O) groups excluding carboxylic acids is 2. The van der Waals surface area contributed by atoms with Crippen molar-refractivity contribution in [2.75, 3.05) is 26.4 Å². The van der Waals surface area contributed by atoms with E-state index >= 15 is 0 Å². The van der Waals surface area contributed by atoms with E-state index in [2.05, 4.69) is 32.1 Å². The third kappa shape index (κ3) is 18.4. The Bertz CT molecular complexity index is 251. The summed E-state index contributed by atoms with van der Waals surface area (Å²) in [5, 5.41) is 0. The Morgan fingerprint density at radius 2 is 1.15 bits per heavy atom. The molecular formula is C14H24O6. The van der Waals surface area contributed by atoms with E-state index in [4.69, 9.17) is 0 Å². The van der Waals surface area contributed by atoms with Crippen molar-refractivity contribution in [1.82, 2.24) is 0 Å². The van der Waals surface area contributed by atoms with Crippen LogP contribution in [0.1, 0.15) is 26.7 Å². The van der Waals surface area contributed by atoms with Gasteiger partial charge < -0.3 is 18.9 Å². The molecule has 0 aromatic rings. The number of rotatable bonds is 8. The van der Waals surface area contributed by atoms with E-state index in [-0.39, 0.29) is 13.2 Å². The molecule has 0 bridgehead atoms. The van der Waals surface area contributed by atoms with Crippen molar-refractivity contribution in [3.63, 3.8) is 0 Å². The molecule has 0 atom stereocenters. The molecule has 6 nitrogen and oxygen atoms in total. The fourth-order valence-electron chi connectivity index (χ4n) is 0.708. The predicted octanol–water partition coefficient (Wildman–Crippen LogP) is 3.47. The fourth-order valence-corrected chi connectivity index (χ4v) is 0.708. The maximum atomic E-state index is 10.5. The van der Waals surface area contributed by atoms with Crippen LogP contribution < -0.4 is 0 Å².